The van der Waals surface area contributed by atoms with Crippen LogP contribution in [-0.2, 0) is 6.18 Å². The molecule has 1 N–H and O–H groups in total. The quantitative estimate of drug-likeness (QED) is 0.314. The number of alkyl halides is 3. The number of carbonyl (C=O) groups excluding carboxylic acids is 1. The molecule has 1 aromatic heterocycles. The van der Waals surface area contributed by atoms with Gasteiger partial charge in [-0.25, -0.2) is 4.68 Å². The fourth-order valence-electron chi connectivity index (χ4n) is 3.23. The summed E-state index contributed by atoms with van der Waals surface area (Å²) in [5.41, 5.74) is 0.495. The summed E-state index contributed by atoms with van der Waals surface area (Å²) < 4.78 is 45.8. The number of amides is 1. The minimum atomic E-state index is -4.58. The van der Waals surface area contributed by atoms with Crippen molar-refractivity contribution in [1.29, 1.82) is 0 Å². The number of ether oxygens (including phenoxy) is 1. The average Bonchev–Trinajstić information content (AvgIpc) is 3.23. The first-order valence-corrected chi connectivity index (χ1v) is 10.6. The summed E-state index contributed by atoms with van der Waals surface area (Å²) in [5.74, 6) is 0.100. The van der Waals surface area contributed by atoms with Crippen LogP contribution in [0.15, 0.2) is 72.8 Å². The SMILES string of the molecule is COc1ccc(-c2cc(NC(=O)c3cccc(C(F)(F)F)c3)n(-c3cc(Cl)ccc3Cl)n2)cc1. The van der Waals surface area contributed by atoms with Crippen LogP contribution >= 0.6 is 23.2 Å². The lowest BCUT2D eigenvalue weighted by molar-refractivity contribution is -0.137. The van der Waals surface area contributed by atoms with E-state index in [1.54, 1.807) is 55.6 Å². The Kier molecular flexibility index (Phi) is 6.54. The lowest BCUT2D eigenvalue weighted by atomic mass is 10.1. The Morgan fingerprint density at radius 1 is 1.00 bits per heavy atom. The van der Waals surface area contributed by atoms with E-state index in [-0.39, 0.29) is 11.4 Å². The number of nitrogens with one attached hydrogen (secondary N) is 1. The van der Waals surface area contributed by atoms with Crippen LogP contribution in [0.3, 0.4) is 0 Å². The number of halogens is 5. The van der Waals surface area contributed by atoms with Gasteiger partial charge in [-0.05, 0) is 60.7 Å². The number of carbonyl (C=O) groups is 1. The number of nitrogens with zero attached hydrogens (tertiary/aromatic N) is 2. The number of benzene rings is 3. The third kappa shape index (κ3) is 5.03. The summed E-state index contributed by atoms with van der Waals surface area (Å²) in [7, 11) is 1.55. The van der Waals surface area contributed by atoms with Gasteiger partial charge in [0.25, 0.3) is 5.91 Å². The molecule has 4 aromatic rings. The van der Waals surface area contributed by atoms with Crippen molar-refractivity contribution in [2.45, 2.75) is 6.18 Å². The molecule has 4 rings (SSSR count). The molecule has 0 radical (unpaired) electrons. The minimum absolute atomic E-state index is 0.161. The van der Waals surface area contributed by atoms with Crippen molar-refractivity contribution in [3.63, 3.8) is 0 Å². The highest BCUT2D eigenvalue weighted by atomic mass is 35.5. The van der Waals surface area contributed by atoms with E-state index in [4.69, 9.17) is 27.9 Å². The molecule has 0 bridgehead atoms. The van der Waals surface area contributed by atoms with E-state index in [2.05, 4.69) is 10.4 Å². The van der Waals surface area contributed by atoms with E-state index in [0.717, 1.165) is 12.1 Å². The van der Waals surface area contributed by atoms with Crippen molar-refractivity contribution < 1.29 is 22.7 Å². The number of aromatic nitrogens is 2. The van der Waals surface area contributed by atoms with Gasteiger partial charge >= 0.3 is 6.18 Å². The zero-order chi connectivity index (χ0) is 24.5. The Balaban J connectivity index is 1.76. The third-order valence-corrected chi connectivity index (χ3v) is 5.48. The van der Waals surface area contributed by atoms with Crippen molar-refractivity contribution in [2.75, 3.05) is 12.4 Å². The lowest BCUT2D eigenvalue weighted by Gasteiger charge is -2.12. The molecule has 0 fully saturated rings. The maximum atomic E-state index is 13.1. The highest BCUT2D eigenvalue weighted by Gasteiger charge is 2.31. The molecule has 10 heteroatoms. The lowest BCUT2D eigenvalue weighted by Crippen LogP contribution is -2.16. The van der Waals surface area contributed by atoms with E-state index < -0.39 is 17.6 Å². The van der Waals surface area contributed by atoms with E-state index in [1.165, 1.54) is 16.8 Å². The van der Waals surface area contributed by atoms with Crippen LogP contribution in [-0.4, -0.2) is 22.8 Å². The Labute approximate surface area is 202 Å². The summed E-state index contributed by atoms with van der Waals surface area (Å²) >= 11 is 12.5. The molecule has 1 heterocycles. The van der Waals surface area contributed by atoms with Gasteiger partial charge in [-0.2, -0.15) is 18.3 Å². The number of hydrogen-bond acceptors (Lipinski definition) is 3. The largest absolute Gasteiger partial charge is 0.497 e. The molecule has 0 atom stereocenters. The molecule has 0 spiro atoms. The van der Waals surface area contributed by atoms with Crippen molar-refractivity contribution in [3.05, 3.63) is 94.0 Å². The van der Waals surface area contributed by atoms with Gasteiger partial charge in [-0.3, -0.25) is 4.79 Å². The van der Waals surface area contributed by atoms with Gasteiger partial charge < -0.3 is 10.1 Å². The summed E-state index contributed by atoms with van der Waals surface area (Å²) in [6.45, 7) is 0. The summed E-state index contributed by atoms with van der Waals surface area (Å²) in [6.07, 6.45) is -4.58. The molecule has 0 saturated carbocycles. The van der Waals surface area contributed by atoms with Gasteiger partial charge in [0.1, 0.15) is 11.6 Å². The van der Waals surface area contributed by atoms with Gasteiger partial charge in [0.05, 0.1) is 29.1 Å². The molecule has 5 nitrogen and oxygen atoms in total. The fourth-order valence-corrected chi connectivity index (χ4v) is 3.59. The molecule has 3 aromatic carbocycles. The normalized spacial score (nSPS) is 11.4. The maximum Gasteiger partial charge on any atom is 0.416 e. The van der Waals surface area contributed by atoms with E-state index in [9.17, 15) is 18.0 Å². The zero-order valence-electron chi connectivity index (χ0n) is 17.5. The second kappa shape index (κ2) is 9.40. The van der Waals surface area contributed by atoms with Gasteiger partial charge in [-0.15, -0.1) is 0 Å². The van der Waals surface area contributed by atoms with Crippen LogP contribution < -0.4 is 10.1 Å². The summed E-state index contributed by atoms with van der Waals surface area (Å²) in [4.78, 5) is 12.9. The van der Waals surface area contributed by atoms with E-state index in [1.807, 2.05) is 0 Å². The second-order valence-corrected chi connectivity index (χ2v) is 8.03. The van der Waals surface area contributed by atoms with E-state index in [0.29, 0.717) is 32.7 Å². The standard InChI is InChI=1S/C24H16Cl2F3N3O2/c1-34-18-8-5-14(6-9-18)20-13-22(32(31-20)21-12-17(25)7-10-19(21)26)30-23(33)15-3-2-4-16(11-15)24(27,28)29/h2-13H,1H3,(H,30,33). The van der Waals surface area contributed by atoms with Crippen LogP contribution in [0.4, 0.5) is 19.0 Å². The molecule has 0 saturated heterocycles. The van der Waals surface area contributed by atoms with Crippen LogP contribution in [0.25, 0.3) is 16.9 Å². The van der Waals surface area contributed by atoms with Gasteiger partial charge in [0.15, 0.2) is 0 Å². The Hall–Kier alpha value is -3.49. The van der Waals surface area contributed by atoms with Gasteiger partial charge in [-0.1, -0.05) is 29.3 Å². The summed E-state index contributed by atoms with van der Waals surface area (Å²) in [6, 6.07) is 17.5. The van der Waals surface area contributed by atoms with Crippen LogP contribution in [0.2, 0.25) is 10.0 Å². The molecule has 0 aliphatic heterocycles. The van der Waals surface area contributed by atoms with Gasteiger partial charge in [0.2, 0.25) is 0 Å². The number of anilines is 1. The molecule has 0 unspecified atom stereocenters. The zero-order valence-corrected chi connectivity index (χ0v) is 19.0. The van der Waals surface area contributed by atoms with Crippen molar-refractivity contribution >= 4 is 34.9 Å². The number of rotatable bonds is 5. The molecule has 0 aliphatic rings. The molecular formula is C24H16Cl2F3N3O2. The first-order valence-electron chi connectivity index (χ1n) is 9.84. The monoisotopic (exact) mass is 505 g/mol. The first kappa shape index (κ1) is 23.7. The minimum Gasteiger partial charge on any atom is -0.497 e. The predicted octanol–water partition coefficient (Wildman–Crippen LogP) is 7.13. The average molecular weight is 506 g/mol. The topological polar surface area (TPSA) is 56.1 Å². The molecule has 34 heavy (non-hydrogen) atoms. The maximum absolute atomic E-state index is 13.1. The Morgan fingerprint density at radius 3 is 2.41 bits per heavy atom. The van der Waals surface area contributed by atoms with Crippen molar-refractivity contribution in [2.24, 2.45) is 0 Å². The van der Waals surface area contributed by atoms with Crippen LogP contribution in [0.5, 0.6) is 5.75 Å². The molecule has 0 aliphatic carbocycles. The van der Waals surface area contributed by atoms with Crippen LogP contribution in [0.1, 0.15) is 15.9 Å². The van der Waals surface area contributed by atoms with Crippen molar-refractivity contribution in [1.82, 2.24) is 9.78 Å². The molecule has 1 amide bonds. The summed E-state index contributed by atoms with van der Waals surface area (Å²) in [5, 5.41) is 7.87. The Morgan fingerprint density at radius 2 is 1.74 bits per heavy atom. The first-order chi connectivity index (χ1) is 16.2. The number of methoxy groups -OCH3 is 1. The smallest absolute Gasteiger partial charge is 0.416 e. The Bertz CT molecular complexity index is 1350. The molecular weight excluding hydrogens is 490 g/mol. The number of hydrogen-bond donors (Lipinski definition) is 1. The third-order valence-electron chi connectivity index (χ3n) is 4.93. The van der Waals surface area contributed by atoms with E-state index >= 15 is 0 Å². The predicted molar refractivity (Wildman–Crippen MR) is 125 cm³/mol. The van der Waals surface area contributed by atoms with Crippen LogP contribution in [0, 0.1) is 0 Å². The molecule has 174 valence electrons. The second-order valence-electron chi connectivity index (χ2n) is 7.18. The van der Waals surface area contributed by atoms with Gasteiger partial charge in [0, 0.05) is 22.2 Å². The van der Waals surface area contributed by atoms with Crippen molar-refractivity contribution in [3.8, 4) is 22.7 Å². The fraction of sp³-hybridized carbons (Fsp3) is 0.0833. The highest BCUT2D eigenvalue weighted by molar-refractivity contribution is 6.34. The highest BCUT2D eigenvalue weighted by Crippen LogP contribution is 2.32.